The van der Waals surface area contributed by atoms with Gasteiger partial charge in [0.05, 0.1) is 25.5 Å². The molecule has 0 saturated carbocycles. The van der Waals surface area contributed by atoms with E-state index in [0.29, 0.717) is 23.7 Å². The third-order valence-electron chi connectivity index (χ3n) is 2.33. The number of nitroso groups, excluding NO2 is 1. The minimum atomic E-state index is -1.11. The van der Waals surface area contributed by atoms with Gasteiger partial charge in [-0.2, -0.15) is 0 Å². The predicted octanol–water partition coefficient (Wildman–Crippen LogP) is 1.66. The molecular weight excluding hydrogens is 252 g/mol. The van der Waals surface area contributed by atoms with Crippen LogP contribution in [0.2, 0.25) is 0 Å². The SMILES string of the molecule is CCOc1ccc(CN(CC(=O)O)N=O)cc1OC. The summed E-state index contributed by atoms with van der Waals surface area (Å²) in [5.74, 6) is 0.00984. The fourth-order valence-electron chi connectivity index (χ4n) is 1.57. The van der Waals surface area contributed by atoms with Gasteiger partial charge in [0, 0.05) is 0 Å². The first kappa shape index (κ1) is 14.7. The van der Waals surface area contributed by atoms with Crippen LogP contribution in [0.5, 0.6) is 11.5 Å². The van der Waals surface area contributed by atoms with Crippen molar-refractivity contribution in [2.45, 2.75) is 13.5 Å². The first-order valence-electron chi connectivity index (χ1n) is 5.70. The average Bonchev–Trinajstić information content (AvgIpc) is 2.39. The van der Waals surface area contributed by atoms with Gasteiger partial charge in [0.15, 0.2) is 11.5 Å². The van der Waals surface area contributed by atoms with E-state index in [0.717, 1.165) is 5.01 Å². The normalized spacial score (nSPS) is 9.79. The Hall–Kier alpha value is -2.31. The Morgan fingerprint density at radius 2 is 2.16 bits per heavy atom. The molecule has 0 spiro atoms. The molecule has 0 aromatic heterocycles. The minimum absolute atomic E-state index is 0.0958. The molecule has 0 radical (unpaired) electrons. The van der Waals surface area contributed by atoms with Crippen molar-refractivity contribution >= 4 is 5.97 Å². The summed E-state index contributed by atoms with van der Waals surface area (Å²) in [5.41, 5.74) is 0.709. The molecule has 19 heavy (non-hydrogen) atoms. The first-order valence-corrected chi connectivity index (χ1v) is 5.70. The lowest BCUT2D eigenvalue weighted by molar-refractivity contribution is -0.138. The number of methoxy groups -OCH3 is 1. The maximum atomic E-state index is 10.5. The highest BCUT2D eigenvalue weighted by molar-refractivity contribution is 5.69. The molecule has 0 aliphatic carbocycles. The summed E-state index contributed by atoms with van der Waals surface area (Å²) in [6, 6.07) is 5.12. The Labute approximate surface area is 110 Å². The number of rotatable bonds is 8. The van der Waals surface area contributed by atoms with Crippen LogP contribution in [0.4, 0.5) is 0 Å². The largest absolute Gasteiger partial charge is 0.493 e. The number of carbonyl (C=O) groups is 1. The summed E-state index contributed by atoms with van der Waals surface area (Å²) < 4.78 is 10.5. The maximum absolute atomic E-state index is 10.5. The number of aliphatic carboxylic acids is 1. The molecule has 1 aromatic carbocycles. The van der Waals surface area contributed by atoms with Crippen LogP contribution in [0.25, 0.3) is 0 Å². The van der Waals surface area contributed by atoms with Crippen molar-refractivity contribution in [1.82, 2.24) is 5.01 Å². The Morgan fingerprint density at radius 1 is 1.42 bits per heavy atom. The molecule has 1 N–H and O–H groups in total. The van der Waals surface area contributed by atoms with Crippen molar-refractivity contribution in [2.24, 2.45) is 5.29 Å². The molecule has 7 heteroatoms. The Bertz CT molecular complexity index is 450. The zero-order valence-electron chi connectivity index (χ0n) is 10.8. The van der Waals surface area contributed by atoms with Gasteiger partial charge in [-0.3, -0.25) is 4.79 Å². The molecule has 0 amide bonds. The number of benzene rings is 1. The second-order valence-electron chi connectivity index (χ2n) is 3.72. The van der Waals surface area contributed by atoms with Gasteiger partial charge >= 0.3 is 5.97 Å². The van der Waals surface area contributed by atoms with E-state index in [1.165, 1.54) is 7.11 Å². The van der Waals surface area contributed by atoms with Gasteiger partial charge in [-0.05, 0) is 24.6 Å². The van der Waals surface area contributed by atoms with Crippen LogP contribution in [0.15, 0.2) is 23.5 Å². The Balaban J connectivity index is 2.83. The number of hydrogen-bond acceptors (Lipinski definition) is 5. The van der Waals surface area contributed by atoms with E-state index >= 15 is 0 Å². The van der Waals surface area contributed by atoms with Gasteiger partial charge in [0.2, 0.25) is 0 Å². The van der Waals surface area contributed by atoms with Crippen LogP contribution in [0, 0.1) is 4.91 Å². The molecule has 0 bridgehead atoms. The van der Waals surface area contributed by atoms with Crippen molar-refractivity contribution in [1.29, 1.82) is 0 Å². The number of hydrogen-bond donors (Lipinski definition) is 1. The van der Waals surface area contributed by atoms with Crippen LogP contribution in [0.3, 0.4) is 0 Å². The molecule has 0 atom stereocenters. The predicted molar refractivity (Wildman–Crippen MR) is 68.0 cm³/mol. The molecule has 0 saturated heterocycles. The molecule has 1 rings (SSSR count). The molecule has 0 heterocycles. The van der Waals surface area contributed by atoms with E-state index in [-0.39, 0.29) is 6.54 Å². The zero-order chi connectivity index (χ0) is 14.3. The van der Waals surface area contributed by atoms with E-state index in [2.05, 4.69) is 5.29 Å². The quantitative estimate of drug-likeness (QED) is 0.569. The van der Waals surface area contributed by atoms with E-state index in [4.69, 9.17) is 14.6 Å². The number of carboxylic acid groups (broad SMARTS) is 1. The van der Waals surface area contributed by atoms with Crippen molar-refractivity contribution < 1.29 is 19.4 Å². The van der Waals surface area contributed by atoms with Crippen LogP contribution >= 0.6 is 0 Å². The van der Waals surface area contributed by atoms with Gasteiger partial charge in [0.1, 0.15) is 6.54 Å². The first-order chi connectivity index (χ1) is 9.10. The lowest BCUT2D eigenvalue weighted by atomic mass is 10.2. The van der Waals surface area contributed by atoms with Gasteiger partial charge in [-0.15, -0.1) is 4.91 Å². The average molecular weight is 268 g/mol. The molecule has 0 fully saturated rings. The fraction of sp³-hybridized carbons (Fsp3) is 0.417. The summed E-state index contributed by atoms with van der Waals surface area (Å²) in [5, 5.41) is 12.2. The van der Waals surface area contributed by atoms with Crippen molar-refractivity contribution in [2.75, 3.05) is 20.3 Å². The van der Waals surface area contributed by atoms with Gasteiger partial charge in [-0.1, -0.05) is 6.07 Å². The second kappa shape index (κ2) is 7.20. The highest BCUT2D eigenvalue weighted by Gasteiger charge is 2.11. The van der Waals surface area contributed by atoms with Crippen molar-refractivity contribution in [3.05, 3.63) is 28.7 Å². The van der Waals surface area contributed by atoms with E-state index in [1.807, 2.05) is 6.92 Å². The zero-order valence-corrected chi connectivity index (χ0v) is 10.8. The number of ether oxygens (including phenoxy) is 2. The fourth-order valence-corrected chi connectivity index (χ4v) is 1.57. The standard InChI is InChI=1S/C12H16N2O5/c1-3-19-10-5-4-9(6-11(10)18-2)7-14(13-17)8-12(15)16/h4-6H,3,7-8H2,1-2H3,(H,15,16). The highest BCUT2D eigenvalue weighted by Crippen LogP contribution is 2.28. The topological polar surface area (TPSA) is 88.4 Å². The van der Waals surface area contributed by atoms with Gasteiger partial charge < -0.3 is 14.6 Å². The minimum Gasteiger partial charge on any atom is -0.493 e. The lowest BCUT2D eigenvalue weighted by Crippen LogP contribution is -2.23. The summed E-state index contributed by atoms with van der Waals surface area (Å²) >= 11 is 0. The highest BCUT2D eigenvalue weighted by atomic mass is 16.5. The number of nitrogens with zero attached hydrogens (tertiary/aromatic N) is 2. The van der Waals surface area contributed by atoms with Gasteiger partial charge in [0.25, 0.3) is 0 Å². The summed E-state index contributed by atoms with van der Waals surface area (Å²) in [4.78, 5) is 21.1. The molecule has 7 nitrogen and oxygen atoms in total. The summed E-state index contributed by atoms with van der Waals surface area (Å²) in [6.45, 7) is 2.02. The Morgan fingerprint density at radius 3 is 2.68 bits per heavy atom. The van der Waals surface area contributed by atoms with Crippen LogP contribution in [-0.4, -0.2) is 36.3 Å². The van der Waals surface area contributed by atoms with E-state index in [9.17, 15) is 9.70 Å². The molecule has 0 aliphatic rings. The molecule has 104 valence electrons. The third-order valence-corrected chi connectivity index (χ3v) is 2.33. The maximum Gasteiger partial charge on any atom is 0.325 e. The van der Waals surface area contributed by atoms with E-state index < -0.39 is 12.5 Å². The molecular formula is C12H16N2O5. The monoisotopic (exact) mass is 268 g/mol. The lowest BCUT2D eigenvalue weighted by Gasteiger charge is -2.15. The molecule has 0 aliphatic heterocycles. The summed E-state index contributed by atoms with van der Waals surface area (Å²) in [6.07, 6.45) is 0. The van der Waals surface area contributed by atoms with Crippen molar-refractivity contribution in [3.63, 3.8) is 0 Å². The van der Waals surface area contributed by atoms with E-state index in [1.54, 1.807) is 18.2 Å². The van der Waals surface area contributed by atoms with Crippen LogP contribution < -0.4 is 9.47 Å². The smallest absolute Gasteiger partial charge is 0.325 e. The third kappa shape index (κ3) is 4.46. The van der Waals surface area contributed by atoms with Crippen LogP contribution in [0.1, 0.15) is 12.5 Å². The van der Waals surface area contributed by atoms with Gasteiger partial charge in [-0.25, -0.2) is 5.01 Å². The number of carboxylic acids is 1. The summed E-state index contributed by atoms with van der Waals surface area (Å²) in [7, 11) is 1.51. The second-order valence-corrected chi connectivity index (χ2v) is 3.72. The van der Waals surface area contributed by atoms with Crippen LogP contribution in [-0.2, 0) is 11.3 Å². The molecule has 1 aromatic rings. The molecule has 0 unspecified atom stereocenters. The van der Waals surface area contributed by atoms with Crippen molar-refractivity contribution in [3.8, 4) is 11.5 Å². The Kier molecular flexibility index (Phi) is 5.59.